The van der Waals surface area contributed by atoms with Crippen LogP contribution in [0.4, 0.5) is 4.79 Å². The molecule has 1 aromatic heterocycles. The minimum Gasteiger partial charge on any atom is -0.440 e. The topological polar surface area (TPSA) is 53.3 Å². The second-order valence-electron chi connectivity index (χ2n) is 9.75. The maximum absolute atomic E-state index is 13.4. The second kappa shape index (κ2) is 9.28. The summed E-state index contributed by atoms with van der Waals surface area (Å²) in [6.07, 6.45) is 8.44. The van der Waals surface area contributed by atoms with E-state index < -0.39 is 0 Å². The molecule has 0 N–H and O–H groups in total. The van der Waals surface area contributed by atoms with Gasteiger partial charge in [0.25, 0.3) is 0 Å². The van der Waals surface area contributed by atoms with Crippen molar-refractivity contribution in [3.05, 3.63) is 21.4 Å². The Hall–Kier alpha value is -1.58. The van der Waals surface area contributed by atoms with Crippen LogP contribution < -0.4 is 0 Å². The molecule has 1 amide bonds. The number of nitrogens with zero attached hydrogens (tertiary/aromatic N) is 3. The lowest BCUT2D eigenvalue weighted by atomic mass is 9.83. The van der Waals surface area contributed by atoms with Crippen molar-refractivity contribution in [2.24, 2.45) is 5.92 Å². The summed E-state index contributed by atoms with van der Waals surface area (Å²) in [5, 5.41) is 11.1. The predicted molar refractivity (Wildman–Crippen MR) is 119 cm³/mol. The van der Waals surface area contributed by atoms with E-state index >= 15 is 0 Å². The number of aryl methyl sites for hydroxylation is 1. The number of hydrogen-bond acceptors (Lipinski definition) is 4. The quantitative estimate of drug-likeness (QED) is 0.443. The van der Waals surface area contributed by atoms with Crippen LogP contribution in [0, 0.1) is 31.1 Å². The highest BCUT2D eigenvalue weighted by molar-refractivity contribution is 7.10. The number of carbonyl (C=O) groups excluding carboxylic acids is 1. The Bertz CT molecular complexity index is 785. The lowest BCUT2D eigenvalue weighted by Crippen LogP contribution is -2.65. The molecule has 3 aliphatic heterocycles. The third-order valence-electron chi connectivity index (χ3n) is 7.92. The van der Waals surface area contributed by atoms with Gasteiger partial charge in [0.05, 0.1) is 32.2 Å². The van der Waals surface area contributed by atoms with E-state index in [1.165, 1.54) is 41.9 Å². The molecule has 6 heteroatoms. The van der Waals surface area contributed by atoms with Crippen molar-refractivity contribution in [2.75, 3.05) is 26.2 Å². The summed E-state index contributed by atoms with van der Waals surface area (Å²) in [6.45, 7) is 9.37. The van der Waals surface area contributed by atoms with E-state index in [1.54, 1.807) is 11.3 Å². The SMILES string of the molecule is Cc1csc(CN(C(=O)O[C@H]2C[N+]3(CCCC#N)CCC2CC3)C2CCCC2)c1C. The summed E-state index contributed by atoms with van der Waals surface area (Å²) in [5.74, 6) is 0.515. The van der Waals surface area contributed by atoms with Gasteiger partial charge in [0.1, 0.15) is 6.54 Å². The summed E-state index contributed by atoms with van der Waals surface area (Å²) in [5.41, 5.74) is 2.64. The minimum absolute atomic E-state index is 0.0390. The number of unbranched alkanes of at least 4 members (excludes halogenated alkanes) is 1. The first-order chi connectivity index (χ1) is 14.5. The molecule has 0 radical (unpaired) electrons. The van der Waals surface area contributed by atoms with E-state index in [2.05, 4.69) is 25.3 Å². The molecule has 1 atom stereocenters. The van der Waals surface area contributed by atoms with Crippen molar-refractivity contribution in [3.8, 4) is 6.07 Å². The maximum Gasteiger partial charge on any atom is 0.410 e. The van der Waals surface area contributed by atoms with E-state index in [0.29, 0.717) is 24.9 Å². The van der Waals surface area contributed by atoms with Gasteiger partial charge in [-0.1, -0.05) is 12.8 Å². The normalized spacial score (nSPS) is 28.4. The van der Waals surface area contributed by atoms with Crippen molar-refractivity contribution >= 4 is 17.4 Å². The highest BCUT2D eigenvalue weighted by Gasteiger charge is 2.48. The Balaban J connectivity index is 1.44. The van der Waals surface area contributed by atoms with Crippen LogP contribution in [0.2, 0.25) is 0 Å². The summed E-state index contributed by atoms with van der Waals surface area (Å²) in [7, 11) is 0. The van der Waals surface area contributed by atoms with Crippen LogP contribution in [-0.2, 0) is 11.3 Å². The van der Waals surface area contributed by atoms with Gasteiger partial charge >= 0.3 is 6.09 Å². The van der Waals surface area contributed by atoms with Crippen LogP contribution in [0.25, 0.3) is 0 Å². The van der Waals surface area contributed by atoms with E-state index in [1.807, 2.05) is 4.90 Å². The summed E-state index contributed by atoms with van der Waals surface area (Å²) in [4.78, 5) is 16.8. The van der Waals surface area contributed by atoms with Crippen LogP contribution in [0.1, 0.15) is 67.4 Å². The standard InChI is InChI=1S/C24H36N3O2S/c1-18-17-30-23(19(18)2)15-26(21-7-3-4-8-21)24(28)29-22-16-27(12-6-5-11-25)13-9-20(22)10-14-27/h17,20-22H,3-10,12-16H2,1-2H3/q+1/t20?,22-,27?/m0/s1. The molecule has 30 heavy (non-hydrogen) atoms. The molecule has 0 aromatic carbocycles. The van der Waals surface area contributed by atoms with Gasteiger partial charge < -0.3 is 14.1 Å². The van der Waals surface area contributed by atoms with Crippen LogP contribution in [-0.4, -0.2) is 53.8 Å². The van der Waals surface area contributed by atoms with Crippen LogP contribution >= 0.6 is 11.3 Å². The third kappa shape index (κ3) is 4.53. The predicted octanol–water partition coefficient (Wildman–Crippen LogP) is 5.16. The number of rotatable bonds is 7. The zero-order valence-corrected chi connectivity index (χ0v) is 19.4. The summed E-state index contributed by atoms with van der Waals surface area (Å²) < 4.78 is 7.31. The first-order valence-electron chi connectivity index (χ1n) is 11.7. The Morgan fingerprint density at radius 3 is 2.63 bits per heavy atom. The molecule has 4 fully saturated rings. The first kappa shape index (κ1) is 21.6. The van der Waals surface area contributed by atoms with Gasteiger partial charge in [0.2, 0.25) is 0 Å². The highest BCUT2D eigenvalue weighted by atomic mass is 32.1. The van der Waals surface area contributed by atoms with Crippen molar-refractivity contribution in [1.82, 2.24) is 4.90 Å². The number of hydrogen-bond donors (Lipinski definition) is 0. The molecule has 2 bridgehead atoms. The van der Waals surface area contributed by atoms with Crippen LogP contribution in [0.15, 0.2) is 5.38 Å². The van der Waals surface area contributed by atoms with Gasteiger partial charge in [-0.25, -0.2) is 4.79 Å². The number of fused-ring (bicyclic) bond motifs is 3. The molecule has 4 aliphatic rings. The Morgan fingerprint density at radius 1 is 1.27 bits per heavy atom. The molecule has 1 aromatic rings. The zero-order chi connectivity index (χ0) is 21.1. The van der Waals surface area contributed by atoms with Gasteiger partial charge in [-0.15, -0.1) is 11.3 Å². The smallest absolute Gasteiger partial charge is 0.410 e. The minimum atomic E-state index is -0.0960. The Kier molecular flexibility index (Phi) is 6.69. The largest absolute Gasteiger partial charge is 0.440 e. The van der Waals surface area contributed by atoms with Gasteiger partial charge in [-0.3, -0.25) is 0 Å². The van der Waals surface area contributed by atoms with Crippen molar-refractivity contribution in [2.45, 2.75) is 83.9 Å². The number of carbonyl (C=O) groups is 1. The zero-order valence-electron chi connectivity index (χ0n) is 18.6. The molecule has 1 saturated carbocycles. The fourth-order valence-corrected chi connectivity index (χ4v) is 6.83. The monoisotopic (exact) mass is 430 g/mol. The molecule has 5 nitrogen and oxygen atoms in total. The molecule has 164 valence electrons. The Labute approximate surface area is 185 Å². The average molecular weight is 431 g/mol. The number of piperidine rings is 3. The van der Waals surface area contributed by atoms with E-state index in [0.717, 1.165) is 49.7 Å². The second-order valence-corrected chi connectivity index (χ2v) is 10.7. The van der Waals surface area contributed by atoms with E-state index in [9.17, 15) is 4.79 Å². The summed E-state index contributed by atoms with van der Waals surface area (Å²) >= 11 is 1.77. The molecule has 5 rings (SSSR count). The molecule has 0 unspecified atom stereocenters. The lowest BCUT2D eigenvalue weighted by Gasteiger charge is -2.52. The van der Waals surface area contributed by atoms with Crippen LogP contribution in [0.3, 0.4) is 0 Å². The van der Waals surface area contributed by atoms with E-state index in [-0.39, 0.29) is 12.2 Å². The third-order valence-corrected chi connectivity index (χ3v) is 9.11. The molecular weight excluding hydrogens is 394 g/mol. The molecular formula is C24H36N3O2S+. The number of thiophene rings is 1. The van der Waals surface area contributed by atoms with Gasteiger partial charge in [-0.2, -0.15) is 5.26 Å². The fraction of sp³-hybridized carbons (Fsp3) is 0.750. The fourth-order valence-electron chi connectivity index (χ4n) is 5.79. The van der Waals surface area contributed by atoms with Crippen molar-refractivity contribution in [1.29, 1.82) is 5.26 Å². The summed E-state index contributed by atoms with van der Waals surface area (Å²) in [6, 6.07) is 2.60. The van der Waals surface area contributed by atoms with Crippen molar-refractivity contribution in [3.63, 3.8) is 0 Å². The van der Waals surface area contributed by atoms with Crippen LogP contribution in [0.5, 0.6) is 0 Å². The van der Waals surface area contributed by atoms with Gasteiger partial charge in [-0.05, 0) is 43.2 Å². The molecule has 1 aliphatic carbocycles. The number of nitriles is 1. The average Bonchev–Trinajstić information content (AvgIpc) is 3.38. The number of amides is 1. The van der Waals surface area contributed by atoms with Gasteiger partial charge in [0.15, 0.2) is 6.10 Å². The van der Waals surface area contributed by atoms with Gasteiger partial charge in [0, 0.05) is 42.5 Å². The maximum atomic E-state index is 13.4. The number of quaternary nitrogens is 1. The Morgan fingerprint density at radius 2 is 2.00 bits per heavy atom. The molecule has 0 spiro atoms. The molecule has 3 saturated heterocycles. The van der Waals surface area contributed by atoms with Crippen molar-refractivity contribution < 1.29 is 14.0 Å². The van der Waals surface area contributed by atoms with E-state index in [4.69, 9.17) is 10.00 Å². The highest BCUT2D eigenvalue weighted by Crippen LogP contribution is 2.37. The first-order valence-corrected chi connectivity index (χ1v) is 12.6. The lowest BCUT2D eigenvalue weighted by molar-refractivity contribution is -0.946. The number of ether oxygens (including phenoxy) is 1. The molecule has 4 heterocycles.